The molecule has 0 amide bonds. The first-order valence-electron chi connectivity index (χ1n) is 11.5. The number of rotatable bonds is 7. The van der Waals surface area contributed by atoms with Crippen molar-refractivity contribution in [2.45, 2.75) is 72.3 Å². The SMILES string of the molecule is CCCC(CCC)n1/c(=C\N)c2cc(-c3ccc(C(C)C)cc3Br)c3nc(C)cc1n32. The third kappa shape index (κ3) is 3.67. The lowest BCUT2D eigenvalue weighted by atomic mass is 9.99. The summed E-state index contributed by atoms with van der Waals surface area (Å²) in [7, 11) is 0. The minimum atomic E-state index is 0.440. The summed E-state index contributed by atoms with van der Waals surface area (Å²) in [5.41, 5.74) is 14.2. The van der Waals surface area contributed by atoms with E-state index >= 15 is 0 Å². The van der Waals surface area contributed by atoms with E-state index in [1.807, 2.05) is 0 Å². The van der Waals surface area contributed by atoms with E-state index in [1.54, 1.807) is 6.20 Å². The fourth-order valence-electron chi connectivity index (χ4n) is 4.83. The molecule has 0 unspecified atom stereocenters. The van der Waals surface area contributed by atoms with E-state index in [4.69, 9.17) is 10.7 Å². The highest BCUT2D eigenvalue weighted by molar-refractivity contribution is 9.10. The normalized spacial score (nSPS) is 13.0. The largest absolute Gasteiger partial charge is 0.403 e. The number of aromatic nitrogens is 3. The van der Waals surface area contributed by atoms with E-state index in [2.05, 4.69) is 89.8 Å². The summed E-state index contributed by atoms with van der Waals surface area (Å²) in [6, 6.07) is 11.6. The second-order valence-electron chi connectivity index (χ2n) is 8.91. The number of nitrogens with zero attached hydrogens (tertiary/aromatic N) is 3. The van der Waals surface area contributed by atoms with E-state index in [-0.39, 0.29) is 0 Å². The molecule has 0 saturated heterocycles. The van der Waals surface area contributed by atoms with Gasteiger partial charge in [-0.1, -0.05) is 68.6 Å². The molecule has 3 heterocycles. The number of aryl methyl sites for hydroxylation is 1. The van der Waals surface area contributed by atoms with Crippen LogP contribution in [-0.2, 0) is 0 Å². The van der Waals surface area contributed by atoms with Gasteiger partial charge in [-0.2, -0.15) is 0 Å². The minimum absolute atomic E-state index is 0.440. The molecule has 0 aliphatic carbocycles. The molecule has 5 heteroatoms. The van der Waals surface area contributed by atoms with Crippen LogP contribution < -0.4 is 11.1 Å². The number of nitrogens with two attached hydrogens (primary N) is 1. The van der Waals surface area contributed by atoms with Crippen molar-refractivity contribution >= 4 is 38.9 Å². The maximum Gasteiger partial charge on any atom is 0.147 e. The van der Waals surface area contributed by atoms with Gasteiger partial charge in [-0.3, -0.25) is 4.40 Å². The second kappa shape index (κ2) is 8.70. The first-order chi connectivity index (χ1) is 14.9. The maximum absolute atomic E-state index is 6.23. The van der Waals surface area contributed by atoms with Gasteiger partial charge in [0.2, 0.25) is 0 Å². The average molecular weight is 481 g/mol. The standard InChI is InChI=1S/C26H33BrN4/c1-6-8-19(9-7-2)30-24(15-28)23-14-21(26-29-17(5)12-25(30)31(23)26)20-11-10-18(16(3)4)13-22(20)27/h10-16,19H,6-9,28H2,1-5H3/b24-15-. The van der Waals surface area contributed by atoms with E-state index in [0.717, 1.165) is 57.9 Å². The molecule has 164 valence electrons. The summed E-state index contributed by atoms with van der Waals surface area (Å²) in [4.78, 5) is 4.97. The van der Waals surface area contributed by atoms with Crippen LogP contribution in [0.2, 0.25) is 0 Å². The van der Waals surface area contributed by atoms with Gasteiger partial charge in [-0.15, -0.1) is 0 Å². The summed E-state index contributed by atoms with van der Waals surface area (Å²) >= 11 is 3.82. The Bertz CT molecular complexity index is 1270. The molecule has 0 radical (unpaired) electrons. The van der Waals surface area contributed by atoms with E-state index in [9.17, 15) is 0 Å². The summed E-state index contributed by atoms with van der Waals surface area (Å²) in [5, 5.41) is 1.09. The molecule has 0 aliphatic rings. The molecule has 3 aromatic heterocycles. The van der Waals surface area contributed by atoms with Crippen molar-refractivity contribution in [2.75, 3.05) is 0 Å². The van der Waals surface area contributed by atoms with E-state index in [0.29, 0.717) is 12.0 Å². The van der Waals surface area contributed by atoms with Crippen LogP contribution >= 0.6 is 15.9 Å². The van der Waals surface area contributed by atoms with Gasteiger partial charge in [0.25, 0.3) is 0 Å². The van der Waals surface area contributed by atoms with Crippen molar-refractivity contribution < 1.29 is 0 Å². The van der Waals surface area contributed by atoms with Crippen molar-refractivity contribution in [1.29, 1.82) is 0 Å². The van der Waals surface area contributed by atoms with Gasteiger partial charge < -0.3 is 10.3 Å². The highest BCUT2D eigenvalue weighted by atomic mass is 79.9. The summed E-state index contributed by atoms with van der Waals surface area (Å²) < 4.78 is 5.85. The Morgan fingerprint density at radius 3 is 2.35 bits per heavy atom. The van der Waals surface area contributed by atoms with Gasteiger partial charge in [-0.05, 0) is 48.9 Å². The van der Waals surface area contributed by atoms with Crippen LogP contribution in [0, 0.1) is 6.92 Å². The highest BCUT2D eigenvalue weighted by Gasteiger charge is 2.22. The molecule has 0 aliphatic heterocycles. The van der Waals surface area contributed by atoms with Crippen molar-refractivity contribution in [2.24, 2.45) is 5.73 Å². The molecule has 1 aromatic carbocycles. The predicted molar refractivity (Wildman–Crippen MR) is 135 cm³/mol. The van der Waals surface area contributed by atoms with Crippen LogP contribution in [0.15, 0.2) is 34.8 Å². The third-order valence-electron chi connectivity index (χ3n) is 6.31. The van der Waals surface area contributed by atoms with Gasteiger partial charge >= 0.3 is 0 Å². The quantitative estimate of drug-likeness (QED) is 0.319. The molecule has 31 heavy (non-hydrogen) atoms. The van der Waals surface area contributed by atoms with Gasteiger partial charge in [0.05, 0.1) is 10.9 Å². The minimum Gasteiger partial charge on any atom is -0.403 e. The van der Waals surface area contributed by atoms with E-state index < -0.39 is 0 Å². The number of hydrogen-bond donors (Lipinski definition) is 1. The smallest absolute Gasteiger partial charge is 0.147 e. The van der Waals surface area contributed by atoms with Crippen LogP contribution in [0.4, 0.5) is 0 Å². The lowest BCUT2D eigenvalue weighted by Gasteiger charge is -2.20. The summed E-state index contributed by atoms with van der Waals surface area (Å²) in [6.07, 6.45) is 6.38. The molecule has 4 rings (SSSR count). The molecular weight excluding hydrogens is 448 g/mol. The van der Waals surface area contributed by atoms with Crippen molar-refractivity contribution in [3.63, 3.8) is 0 Å². The first kappa shape index (κ1) is 21.9. The Balaban J connectivity index is 2.03. The van der Waals surface area contributed by atoms with Gasteiger partial charge in [0.1, 0.15) is 11.3 Å². The van der Waals surface area contributed by atoms with Gasteiger partial charge in [0, 0.05) is 34.0 Å². The molecule has 0 spiro atoms. The van der Waals surface area contributed by atoms with Crippen LogP contribution in [0.5, 0.6) is 0 Å². The Morgan fingerprint density at radius 2 is 1.77 bits per heavy atom. The van der Waals surface area contributed by atoms with Gasteiger partial charge in [0.15, 0.2) is 0 Å². The van der Waals surface area contributed by atoms with Crippen LogP contribution in [0.1, 0.15) is 76.6 Å². The Kier molecular flexibility index (Phi) is 6.16. The zero-order chi connectivity index (χ0) is 22.3. The molecule has 4 nitrogen and oxygen atoms in total. The fraction of sp³-hybridized carbons (Fsp3) is 0.423. The number of imidazole rings is 1. The Morgan fingerprint density at radius 1 is 1.06 bits per heavy atom. The molecule has 0 fully saturated rings. The lowest BCUT2D eigenvalue weighted by molar-refractivity contribution is 0.430. The predicted octanol–water partition coefficient (Wildman–Crippen LogP) is 6.71. The zero-order valence-electron chi connectivity index (χ0n) is 19.2. The van der Waals surface area contributed by atoms with Crippen molar-refractivity contribution in [3.8, 4) is 11.1 Å². The molecule has 0 saturated carbocycles. The molecule has 2 N–H and O–H groups in total. The average Bonchev–Trinajstić information content (AvgIpc) is 3.24. The molecule has 0 atom stereocenters. The Labute approximate surface area is 193 Å². The monoisotopic (exact) mass is 480 g/mol. The number of benzene rings is 1. The third-order valence-corrected chi connectivity index (χ3v) is 6.97. The Hall–Kier alpha value is -2.27. The topological polar surface area (TPSA) is 48.2 Å². The second-order valence-corrected chi connectivity index (χ2v) is 9.76. The van der Waals surface area contributed by atoms with Crippen LogP contribution in [-0.4, -0.2) is 14.0 Å². The van der Waals surface area contributed by atoms with Crippen molar-refractivity contribution in [1.82, 2.24) is 14.0 Å². The molecule has 0 bridgehead atoms. The maximum atomic E-state index is 6.23. The van der Waals surface area contributed by atoms with Crippen LogP contribution in [0.25, 0.3) is 34.1 Å². The lowest BCUT2D eigenvalue weighted by Crippen LogP contribution is -2.23. The first-order valence-corrected chi connectivity index (χ1v) is 12.2. The zero-order valence-corrected chi connectivity index (χ0v) is 20.8. The van der Waals surface area contributed by atoms with Crippen molar-refractivity contribution in [3.05, 3.63) is 51.4 Å². The van der Waals surface area contributed by atoms with Crippen LogP contribution in [0.3, 0.4) is 0 Å². The fourth-order valence-corrected chi connectivity index (χ4v) is 5.44. The number of halogens is 1. The summed E-state index contributed by atoms with van der Waals surface area (Å²) in [5.74, 6) is 0.493. The molecular formula is C26H33BrN4. The van der Waals surface area contributed by atoms with E-state index in [1.165, 1.54) is 16.8 Å². The highest BCUT2D eigenvalue weighted by Crippen LogP contribution is 2.36. The number of hydrogen-bond acceptors (Lipinski definition) is 2. The molecule has 4 aromatic rings. The summed E-state index contributed by atoms with van der Waals surface area (Å²) in [6.45, 7) is 11.0. The van der Waals surface area contributed by atoms with Gasteiger partial charge in [-0.25, -0.2) is 4.98 Å².